The van der Waals surface area contributed by atoms with E-state index in [1.54, 1.807) is 18.2 Å². The van der Waals surface area contributed by atoms with Gasteiger partial charge in [-0.1, -0.05) is 12.1 Å². The number of rotatable bonds is 6. The molecule has 1 aromatic rings. The van der Waals surface area contributed by atoms with Gasteiger partial charge < -0.3 is 14.8 Å². The number of sulfonamides is 1. The zero-order chi connectivity index (χ0) is 12.9. The highest BCUT2D eigenvalue weighted by Gasteiger charge is 2.14. The van der Waals surface area contributed by atoms with E-state index >= 15 is 0 Å². The SMILES string of the molecule is COC(CNc1ccccc1S(N)(=O)=O)OC. The molecule has 0 fully saturated rings. The zero-order valence-corrected chi connectivity index (χ0v) is 10.5. The molecule has 0 saturated carbocycles. The molecule has 1 rings (SSSR count). The predicted octanol–water partition coefficient (Wildman–Crippen LogP) is 0.365. The van der Waals surface area contributed by atoms with Gasteiger partial charge >= 0.3 is 0 Å². The molecule has 0 aliphatic heterocycles. The van der Waals surface area contributed by atoms with Crippen LogP contribution in [0.15, 0.2) is 29.2 Å². The van der Waals surface area contributed by atoms with Crippen molar-refractivity contribution < 1.29 is 17.9 Å². The summed E-state index contributed by atoms with van der Waals surface area (Å²) in [5, 5.41) is 8.01. The average Bonchev–Trinajstić information content (AvgIpc) is 2.29. The van der Waals surface area contributed by atoms with Crippen LogP contribution in [0.4, 0.5) is 5.69 Å². The van der Waals surface area contributed by atoms with Gasteiger partial charge in [0.15, 0.2) is 6.29 Å². The van der Waals surface area contributed by atoms with Gasteiger partial charge in [-0.25, -0.2) is 13.6 Å². The van der Waals surface area contributed by atoms with Gasteiger partial charge in [-0.3, -0.25) is 0 Å². The second kappa shape index (κ2) is 5.97. The number of nitrogens with two attached hydrogens (primary N) is 1. The van der Waals surface area contributed by atoms with E-state index in [-0.39, 0.29) is 4.90 Å². The number of nitrogens with one attached hydrogen (secondary N) is 1. The summed E-state index contributed by atoms with van der Waals surface area (Å²) < 4.78 is 32.6. The second-order valence-electron chi connectivity index (χ2n) is 3.32. The van der Waals surface area contributed by atoms with Crippen LogP contribution < -0.4 is 10.5 Å². The Bertz CT molecular complexity index is 457. The Morgan fingerprint density at radius 3 is 2.41 bits per heavy atom. The topological polar surface area (TPSA) is 90.6 Å². The third-order valence-corrected chi connectivity index (χ3v) is 3.15. The Balaban J connectivity index is 2.85. The van der Waals surface area contributed by atoms with Crippen molar-refractivity contribution in [1.82, 2.24) is 0 Å². The number of methoxy groups -OCH3 is 2. The highest BCUT2D eigenvalue weighted by molar-refractivity contribution is 7.89. The molecule has 0 spiro atoms. The molecule has 0 aliphatic rings. The van der Waals surface area contributed by atoms with E-state index < -0.39 is 16.3 Å². The van der Waals surface area contributed by atoms with E-state index in [9.17, 15) is 8.42 Å². The van der Waals surface area contributed by atoms with Crippen molar-refractivity contribution in [3.63, 3.8) is 0 Å². The monoisotopic (exact) mass is 260 g/mol. The van der Waals surface area contributed by atoms with Gasteiger partial charge in [0.1, 0.15) is 4.90 Å². The summed E-state index contributed by atoms with van der Waals surface area (Å²) in [4.78, 5) is 0.0472. The van der Waals surface area contributed by atoms with E-state index in [0.29, 0.717) is 12.2 Å². The standard InChI is InChI=1S/C10H16N2O4S/c1-15-10(16-2)7-12-8-5-3-4-6-9(8)17(11,13)14/h3-6,10,12H,7H2,1-2H3,(H2,11,13,14). The molecule has 0 unspecified atom stereocenters. The van der Waals surface area contributed by atoms with Gasteiger partial charge in [0, 0.05) is 14.2 Å². The Morgan fingerprint density at radius 1 is 1.29 bits per heavy atom. The van der Waals surface area contributed by atoms with Crippen LogP contribution in [-0.2, 0) is 19.5 Å². The summed E-state index contributed by atoms with van der Waals surface area (Å²) in [5.74, 6) is 0. The van der Waals surface area contributed by atoms with Gasteiger partial charge in [0.25, 0.3) is 0 Å². The molecular formula is C10H16N2O4S. The Kier molecular flexibility index (Phi) is 4.88. The number of hydrogen-bond donors (Lipinski definition) is 2. The van der Waals surface area contributed by atoms with Gasteiger partial charge in [-0.15, -0.1) is 0 Å². The average molecular weight is 260 g/mol. The van der Waals surface area contributed by atoms with Gasteiger partial charge in [-0.2, -0.15) is 0 Å². The van der Waals surface area contributed by atoms with Crippen molar-refractivity contribution in [3.05, 3.63) is 24.3 Å². The summed E-state index contributed by atoms with van der Waals surface area (Å²) in [6.45, 7) is 0.319. The second-order valence-corrected chi connectivity index (χ2v) is 4.85. The van der Waals surface area contributed by atoms with Crippen LogP contribution in [0.3, 0.4) is 0 Å². The molecule has 0 saturated heterocycles. The smallest absolute Gasteiger partial charge is 0.240 e. The maximum absolute atomic E-state index is 11.3. The molecular weight excluding hydrogens is 244 g/mol. The lowest BCUT2D eigenvalue weighted by atomic mass is 10.3. The molecule has 0 heterocycles. The van der Waals surface area contributed by atoms with Crippen molar-refractivity contribution >= 4 is 15.7 Å². The van der Waals surface area contributed by atoms with Crippen LogP contribution in [0.25, 0.3) is 0 Å². The van der Waals surface area contributed by atoms with Crippen molar-refractivity contribution in [2.24, 2.45) is 5.14 Å². The van der Waals surface area contributed by atoms with E-state index in [2.05, 4.69) is 5.32 Å². The van der Waals surface area contributed by atoms with E-state index in [1.807, 2.05) is 0 Å². The number of primary sulfonamides is 1. The number of benzene rings is 1. The van der Waals surface area contributed by atoms with Crippen LogP contribution in [0, 0.1) is 0 Å². The minimum atomic E-state index is -3.74. The molecule has 7 heteroatoms. The number of anilines is 1. The van der Waals surface area contributed by atoms with Crippen molar-refractivity contribution in [2.75, 3.05) is 26.1 Å². The number of ether oxygens (including phenoxy) is 2. The number of hydrogen-bond acceptors (Lipinski definition) is 5. The highest BCUT2D eigenvalue weighted by Crippen LogP contribution is 2.19. The first-order chi connectivity index (χ1) is 7.99. The first kappa shape index (κ1) is 13.9. The lowest BCUT2D eigenvalue weighted by molar-refractivity contribution is -0.0914. The van der Waals surface area contributed by atoms with Crippen molar-refractivity contribution in [1.29, 1.82) is 0 Å². The first-order valence-corrected chi connectivity index (χ1v) is 6.45. The van der Waals surface area contributed by atoms with Gasteiger partial charge in [0.05, 0.1) is 12.2 Å². The predicted molar refractivity (Wildman–Crippen MR) is 64.1 cm³/mol. The minimum absolute atomic E-state index is 0.0472. The molecule has 0 bridgehead atoms. The number of para-hydroxylation sites is 1. The molecule has 0 atom stereocenters. The van der Waals surface area contributed by atoms with Gasteiger partial charge in [-0.05, 0) is 12.1 Å². The molecule has 0 aliphatic carbocycles. The summed E-state index contributed by atoms with van der Waals surface area (Å²) in [7, 11) is -0.736. The zero-order valence-electron chi connectivity index (χ0n) is 9.71. The molecule has 0 radical (unpaired) electrons. The maximum Gasteiger partial charge on any atom is 0.240 e. The van der Waals surface area contributed by atoms with E-state index in [0.717, 1.165) is 0 Å². The molecule has 0 aromatic heterocycles. The van der Waals surface area contributed by atoms with Crippen LogP contribution in [0.5, 0.6) is 0 Å². The third-order valence-electron chi connectivity index (χ3n) is 2.18. The Hall–Kier alpha value is -1.15. The molecule has 6 nitrogen and oxygen atoms in total. The van der Waals surface area contributed by atoms with Gasteiger partial charge in [0.2, 0.25) is 10.0 Å². The summed E-state index contributed by atoms with van der Waals surface area (Å²) in [6.07, 6.45) is -0.455. The normalized spacial score (nSPS) is 11.8. The molecule has 96 valence electrons. The van der Waals surface area contributed by atoms with Crippen LogP contribution in [0.2, 0.25) is 0 Å². The van der Waals surface area contributed by atoms with Crippen LogP contribution in [0.1, 0.15) is 0 Å². The Morgan fingerprint density at radius 2 is 1.88 bits per heavy atom. The van der Waals surface area contributed by atoms with Crippen LogP contribution >= 0.6 is 0 Å². The fourth-order valence-corrected chi connectivity index (χ4v) is 2.03. The summed E-state index contributed by atoms with van der Waals surface area (Å²) in [5.41, 5.74) is 0.425. The minimum Gasteiger partial charge on any atom is -0.379 e. The quantitative estimate of drug-likeness (QED) is 0.721. The lowest BCUT2D eigenvalue weighted by Crippen LogP contribution is -2.25. The fraction of sp³-hybridized carbons (Fsp3) is 0.400. The van der Waals surface area contributed by atoms with Crippen LogP contribution in [-0.4, -0.2) is 35.5 Å². The van der Waals surface area contributed by atoms with E-state index in [4.69, 9.17) is 14.6 Å². The lowest BCUT2D eigenvalue weighted by Gasteiger charge is -2.16. The van der Waals surface area contributed by atoms with Crippen molar-refractivity contribution in [2.45, 2.75) is 11.2 Å². The fourth-order valence-electron chi connectivity index (χ4n) is 1.32. The molecule has 0 amide bonds. The highest BCUT2D eigenvalue weighted by atomic mass is 32.2. The molecule has 17 heavy (non-hydrogen) atoms. The third kappa shape index (κ3) is 3.97. The van der Waals surface area contributed by atoms with E-state index in [1.165, 1.54) is 20.3 Å². The maximum atomic E-state index is 11.3. The molecule has 3 N–H and O–H groups in total. The summed E-state index contributed by atoms with van der Waals surface area (Å²) >= 11 is 0. The Labute approximate surface area is 101 Å². The first-order valence-electron chi connectivity index (χ1n) is 4.90. The largest absolute Gasteiger partial charge is 0.379 e. The molecule has 1 aromatic carbocycles. The van der Waals surface area contributed by atoms with Crippen molar-refractivity contribution in [3.8, 4) is 0 Å². The summed E-state index contributed by atoms with van der Waals surface area (Å²) in [6, 6.07) is 6.38.